The highest BCUT2D eigenvalue weighted by Gasteiger charge is 2.26. The molecule has 0 spiro atoms. The van der Waals surface area contributed by atoms with Crippen LogP contribution in [0.1, 0.15) is 11.1 Å². The van der Waals surface area contributed by atoms with E-state index >= 15 is 0 Å². The first kappa shape index (κ1) is 12.5. The van der Waals surface area contributed by atoms with E-state index in [4.69, 9.17) is 0 Å². The van der Waals surface area contributed by atoms with Gasteiger partial charge in [-0.2, -0.15) is 5.10 Å². The van der Waals surface area contributed by atoms with Gasteiger partial charge < -0.3 is 10.2 Å². The van der Waals surface area contributed by atoms with Crippen LogP contribution in [-0.4, -0.2) is 20.4 Å². The SMILES string of the molecule is Oc1cc2c(cc1O)-c1[nH]nc(-c3ccc(Br)cc3)c1C2. The molecule has 21 heavy (non-hydrogen) atoms. The lowest BCUT2D eigenvalue weighted by Gasteiger charge is -2.03. The van der Waals surface area contributed by atoms with Crippen molar-refractivity contribution in [3.63, 3.8) is 0 Å². The number of aromatic nitrogens is 2. The largest absolute Gasteiger partial charge is 0.504 e. The summed E-state index contributed by atoms with van der Waals surface area (Å²) >= 11 is 3.43. The topological polar surface area (TPSA) is 69.1 Å². The number of nitrogens with zero attached hydrogens (tertiary/aromatic N) is 1. The van der Waals surface area contributed by atoms with Gasteiger partial charge in [0, 0.05) is 27.6 Å². The fourth-order valence-corrected chi connectivity index (χ4v) is 3.06. The Morgan fingerprint density at radius 2 is 1.76 bits per heavy atom. The van der Waals surface area contributed by atoms with Gasteiger partial charge in [-0.1, -0.05) is 28.1 Å². The fourth-order valence-electron chi connectivity index (χ4n) is 2.80. The van der Waals surface area contributed by atoms with E-state index in [9.17, 15) is 10.2 Å². The molecule has 0 bridgehead atoms. The minimum Gasteiger partial charge on any atom is -0.504 e. The minimum atomic E-state index is -0.110. The number of aromatic hydroxyl groups is 2. The van der Waals surface area contributed by atoms with Crippen LogP contribution < -0.4 is 0 Å². The van der Waals surface area contributed by atoms with Gasteiger partial charge in [-0.25, -0.2) is 0 Å². The van der Waals surface area contributed by atoms with Crippen LogP contribution in [0.5, 0.6) is 11.5 Å². The Kier molecular flexibility index (Phi) is 2.59. The molecule has 1 aromatic heterocycles. The lowest BCUT2D eigenvalue weighted by Crippen LogP contribution is -1.87. The van der Waals surface area contributed by atoms with Crippen LogP contribution in [0.4, 0.5) is 0 Å². The number of nitrogens with one attached hydrogen (secondary N) is 1. The van der Waals surface area contributed by atoms with E-state index in [1.54, 1.807) is 12.1 Å². The molecule has 0 amide bonds. The number of aromatic amines is 1. The third-order valence-electron chi connectivity index (χ3n) is 3.82. The summed E-state index contributed by atoms with van der Waals surface area (Å²) in [6.07, 6.45) is 0.695. The number of halogens is 1. The molecule has 0 fully saturated rings. The maximum Gasteiger partial charge on any atom is 0.158 e. The number of fused-ring (bicyclic) bond motifs is 3. The molecule has 3 aromatic rings. The predicted octanol–water partition coefficient (Wildman–Crippen LogP) is 3.82. The monoisotopic (exact) mass is 342 g/mol. The van der Waals surface area contributed by atoms with Crippen LogP contribution >= 0.6 is 15.9 Å². The van der Waals surface area contributed by atoms with Gasteiger partial charge in [-0.15, -0.1) is 0 Å². The van der Waals surface area contributed by atoms with Crippen molar-refractivity contribution in [3.05, 3.63) is 52.0 Å². The van der Waals surface area contributed by atoms with Gasteiger partial charge in [0.25, 0.3) is 0 Å². The van der Waals surface area contributed by atoms with Crippen LogP contribution in [0.3, 0.4) is 0 Å². The van der Waals surface area contributed by atoms with Crippen molar-refractivity contribution >= 4 is 15.9 Å². The first-order valence-electron chi connectivity index (χ1n) is 6.52. The molecule has 1 aliphatic rings. The van der Waals surface area contributed by atoms with Crippen molar-refractivity contribution in [2.24, 2.45) is 0 Å². The summed E-state index contributed by atoms with van der Waals surface area (Å²) in [6.45, 7) is 0. The Bertz CT molecular complexity index is 853. The second-order valence-corrected chi connectivity index (χ2v) is 6.02. The molecule has 0 aliphatic heterocycles. The zero-order valence-corrected chi connectivity index (χ0v) is 12.5. The molecule has 0 saturated heterocycles. The standard InChI is InChI=1S/C16H11BrN2O2/c17-10-3-1-8(2-4-10)15-12-5-9-6-13(20)14(21)7-11(9)16(12)19-18-15/h1-4,6-7,20-21H,5H2,(H,18,19). The Balaban J connectivity index is 1.86. The van der Waals surface area contributed by atoms with Crippen molar-refractivity contribution in [1.82, 2.24) is 10.2 Å². The van der Waals surface area contributed by atoms with E-state index in [0.717, 1.165) is 38.1 Å². The van der Waals surface area contributed by atoms with Crippen molar-refractivity contribution in [2.45, 2.75) is 6.42 Å². The highest BCUT2D eigenvalue weighted by Crippen LogP contribution is 2.44. The molecule has 0 radical (unpaired) electrons. The van der Waals surface area contributed by atoms with Crippen LogP contribution in [0.15, 0.2) is 40.9 Å². The zero-order chi connectivity index (χ0) is 14.6. The molecule has 5 heteroatoms. The summed E-state index contributed by atoms with van der Waals surface area (Å²) in [5, 5.41) is 26.8. The van der Waals surface area contributed by atoms with Gasteiger partial charge in [-0.3, -0.25) is 5.10 Å². The van der Waals surface area contributed by atoms with Crippen LogP contribution in [0, 0.1) is 0 Å². The Hall–Kier alpha value is -2.27. The zero-order valence-electron chi connectivity index (χ0n) is 10.9. The number of hydrogen-bond donors (Lipinski definition) is 3. The number of hydrogen-bond acceptors (Lipinski definition) is 3. The summed E-state index contributed by atoms with van der Waals surface area (Å²) in [7, 11) is 0. The Labute approximate surface area is 129 Å². The number of benzene rings is 2. The Morgan fingerprint density at radius 1 is 1.05 bits per heavy atom. The molecule has 0 unspecified atom stereocenters. The van der Waals surface area contributed by atoms with E-state index in [2.05, 4.69) is 26.1 Å². The van der Waals surface area contributed by atoms with E-state index in [1.165, 1.54) is 0 Å². The van der Waals surface area contributed by atoms with Crippen LogP contribution in [0.25, 0.3) is 22.5 Å². The minimum absolute atomic E-state index is 0.0861. The van der Waals surface area contributed by atoms with Gasteiger partial charge in [0.05, 0.1) is 11.4 Å². The summed E-state index contributed by atoms with van der Waals surface area (Å²) in [4.78, 5) is 0. The molecule has 0 atom stereocenters. The highest BCUT2D eigenvalue weighted by molar-refractivity contribution is 9.10. The second-order valence-electron chi connectivity index (χ2n) is 5.11. The number of phenols is 2. The molecular weight excluding hydrogens is 332 g/mol. The maximum atomic E-state index is 9.67. The van der Waals surface area contributed by atoms with E-state index < -0.39 is 0 Å². The molecular formula is C16H11BrN2O2. The van der Waals surface area contributed by atoms with Crippen molar-refractivity contribution in [2.75, 3.05) is 0 Å². The highest BCUT2D eigenvalue weighted by atomic mass is 79.9. The van der Waals surface area contributed by atoms with Crippen LogP contribution in [-0.2, 0) is 6.42 Å². The summed E-state index contributed by atoms with van der Waals surface area (Å²) in [6, 6.07) is 11.2. The fraction of sp³-hybridized carbons (Fsp3) is 0.0625. The molecule has 4 nitrogen and oxygen atoms in total. The summed E-state index contributed by atoms with van der Waals surface area (Å²) < 4.78 is 1.02. The summed E-state index contributed by atoms with van der Waals surface area (Å²) in [5.41, 5.74) is 5.85. The lowest BCUT2D eigenvalue weighted by molar-refractivity contribution is 0.403. The van der Waals surface area contributed by atoms with E-state index in [1.807, 2.05) is 24.3 Å². The van der Waals surface area contributed by atoms with Crippen molar-refractivity contribution < 1.29 is 10.2 Å². The molecule has 104 valence electrons. The average molecular weight is 343 g/mol. The third-order valence-corrected chi connectivity index (χ3v) is 4.35. The first-order chi connectivity index (χ1) is 10.1. The molecule has 3 N–H and O–H groups in total. The number of rotatable bonds is 1. The third kappa shape index (κ3) is 1.85. The van der Waals surface area contributed by atoms with Crippen molar-refractivity contribution in [3.8, 4) is 34.0 Å². The van der Waals surface area contributed by atoms with Gasteiger partial charge in [0.2, 0.25) is 0 Å². The average Bonchev–Trinajstić information content (AvgIpc) is 3.00. The first-order valence-corrected chi connectivity index (χ1v) is 7.31. The normalized spacial score (nSPS) is 12.2. The van der Waals surface area contributed by atoms with Gasteiger partial charge >= 0.3 is 0 Å². The molecule has 1 aliphatic carbocycles. The maximum absolute atomic E-state index is 9.67. The van der Waals surface area contributed by atoms with E-state index in [-0.39, 0.29) is 11.5 Å². The summed E-state index contributed by atoms with van der Waals surface area (Å²) in [5.74, 6) is -0.196. The van der Waals surface area contributed by atoms with Gasteiger partial charge in [0.15, 0.2) is 11.5 Å². The van der Waals surface area contributed by atoms with Crippen molar-refractivity contribution in [1.29, 1.82) is 0 Å². The number of H-pyrrole nitrogens is 1. The molecule has 4 rings (SSSR count). The van der Waals surface area contributed by atoms with Crippen LogP contribution in [0.2, 0.25) is 0 Å². The second kappa shape index (κ2) is 4.36. The Morgan fingerprint density at radius 3 is 2.52 bits per heavy atom. The quantitative estimate of drug-likeness (QED) is 0.460. The number of phenolic OH excluding ortho intramolecular Hbond substituents is 2. The molecule has 1 heterocycles. The molecule has 0 saturated carbocycles. The van der Waals surface area contributed by atoms with Gasteiger partial charge in [-0.05, 0) is 29.8 Å². The smallest absolute Gasteiger partial charge is 0.158 e. The van der Waals surface area contributed by atoms with E-state index in [0.29, 0.717) is 6.42 Å². The molecule has 2 aromatic carbocycles. The predicted molar refractivity (Wildman–Crippen MR) is 83.3 cm³/mol. The lowest BCUT2D eigenvalue weighted by atomic mass is 10.1. The van der Waals surface area contributed by atoms with Gasteiger partial charge in [0.1, 0.15) is 0 Å².